The molecule has 1 fully saturated rings. The zero-order valence-electron chi connectivity index (χ0n) is 16.7. The van der Waals surface area contributed by atoms with Crippen LogP contribution in [0, 0.1) is 12.8 Å². The Bertz CT molecular complexity index is 584. The molecule has 152 valence electrons. The summed E-state index contributed by atoms with van der Waals surface area (Å²) in [6, 6.07) is 8.13. The number of carbonyl (C=O) groups excluding carboxylic acids is 1. The van der Waals surface area contributed by atoms with Crippen LogP contribution in [0.5, 0.6) is 5.75 Å². The Morgan fingerprint density at radius 1 is 1.26 bits per heavy atom. The summed E-state index contributed by atoms with van der Waals surface area (Å²) >= 11 is 0. The van der Waals surface area contributed by atoms with Crippen molar-refractivity contribution in [3.8, 4) is 5.75 Å². The fourth-order valence-electron chi connectivity index (χ4n) is 3.14. The van der Waals surface area contributed by atoms with E-state index in [-0.39, 0.29) is 29.9 Å². The highest BCUT2D eigenvalue weighted by Gasteiger charge is 2.22. The highest BCUT2D eigenvalue weighted by molar-refractivity contribution is 14.0. The predicted molar refractivity (Wildman–Crippen MR) is 121 cm³/mol. The van der Waals surface area contributed by atoms with Crippen LogP contribution in [-0.4, -0.2) is 57.1 Å². The first-order chi connectivity index (χ1) is 12.6. The Hall–Kier alpha value is -1.51. The van der Waals surface area contributed by atoms with Gasteiger partial charge in [0.25, 0.3) is 0 Å². The van der Waals surface area contributed by atoms with Crippen molar-refractivity contribution in [3.05, 3.63) is 29.8 Å². The van der Waals surface area contributed by atoms with Crippen molar-refractivity contribution in [1.82, 2.24) is 15.5 Å². The summed E-state index contributed by atoms with van der Waals surface area (Å²) < 4.78 is 5.75. The van der Waals surface area contributed by atoms with Gasteiger partial charge in [-0.05, 0) is 44.2 Å². The number of rotatable bonds is 7. The lowest BCUT2D eigenvalue weighted by Gasteiger charge is -2.34. The summed E-state index contributed by atoms with van der Waals surface area (Å²) in [5, 5.41) is 6.13. The lowest BCUT2D eigenvalue weighted by Crippen LogP contribution is -2.46. The van der Waals surface area contributed by atoms with E-state index in [9.17, 15) is 4.79 Å². The molecule has 1 amide bonds. The Kier molecular flexibility index (Phi) is 11.2. The van der Waals surface area contributed by atoms with Crippen LogP contribution in [0.15, 0.2) is 29.3 Å². The summed E-state index contributed by atoms with van der Waals surface area (Å²) in [6.45, 7) is 5.47. The fraction of sp³-hybridized carbons (Fsp3) is 0.600. The van der Waals surface area contributed by atoms with Gasteiger partial charge in [0.2, 0.25) is 5.91 Å². The Morgan fingerprint density at radius 2 is 1.93 bits per heavy atom. The van der Waals surface area contributed by atoms with Crippen molar-refractivity contribution < 1.29 is 9.53 Å². The zero-order valence-corrected chi connectivity index (χ0v) is 19.0. The third-order valence-corrected chi connectivity index (χ3v) is 4.77. The minimum Gasteiger partial charge on any atom is -0.494 e. The Labute approximate surface area is 180 Å². The molecule has 0 bridgehead atoms. The summed E-state index contributed by atoms with van der Waals surface area (Å²) in [7, 11) is 3.52. The van der Waals surface area contributed by atoms with Crippen LogP contribution in [0.3, 0.4) is 0 Å². The molecule has 0 atom stereocenters. The van der Waals surface area contributed by atoms with Crippen LogP contribution in [0.1, 0.15) is 31.2 Å². The van der Waals surface area contributed by atoms with Gasteiger partial charge in [0, 0.05) is 40.2 Å². The molecule has 0 saturated carbocycles. The first kappa shape index (κ1) is 23.5. The van der Waals surface area contributed by atoms with Gasteiger partial charge in [-0.1, -0.05) is 17.7 Å². The first-order valence-corrected chi connectivity index (χ1v) is 9.48. The predicted octanol–water partition coefficient (Wildman–Crippen LogP) is 2.81. The molecule has 2 rings (SSSR count). The van der Waals surface area contributed by atoms with Gasteiger partial charge in [-0.15, -0.1) is 24.0 Å². The van der Waals surface area contributed by atoms with Crippen LogP contribution >= 0.6 is 24.0 Å². The quantitative estimate of drug-likeness (QED) is 0.268. The second-order valence-electron chi connectivity index (χ2n) is 6.80. The summed E-state index contributed by atoms with van der Waals surface area (Å²) in [5.41, 5.74) is 1.24. The highest BCUT2D eigenvalue weighted by atomic mass is 127. The molecule has 1 aliphatic rings. The topological polar surface area (TPSA) is 66.0 Å². The molecule has 27 heavy (non-hydrogen) atoms. The van der Waals surface area contributed by atoms with Gasteiger partial charge in [0.1, 0.15) is 5.75 Å². The zero-order chi connectivity index (χ0) is 18.8. The third-order valence-electron chi connectivity index (χ3n) is 4.77. The monoisotopic (exact) mass is 488 g/mol. The molecule has 0 unspecified atom stereocenters. The molecule has 6 nitrogen and oxygen atoms in total. The second-order valence-corrected chi connectivity index (χ2v) is 6.80. The van der Waals surface area contributed by atoms with Crippen LogP contribution in [0.4, 0.5) is 0 Å². The van der Waals surface area contributed by atoms with Crippen molar-refractivity contribution in [2.24, 2.45) is 10.9 Å². The van der Waals surface area contributed by atoms with E-state index in [1.165, 1.54) is 5.56 Å². The minimum atomic E-state index is 0. The summed E-state index contributed by atoms with van der Waals surface area (Å²) in [4.78, 5) is 18.2. The van der Waals surface area contributed by atoms with Gasteiger partial charge >= 0.3 is 0 Å². The molecule has 1 saturated heterocycles. The van der Waals surface area contributed by atoms with Crippen molar-refractivity contribution in [1.29, 1.82) is 0 Å². The van der Waals surface area contributed by atoms with E-state index in [1.807, 2.05) is 19.2 Å². The number of aliphatic imine (C=N–C) groups is 1. The molecular formula is C20H33IN4O2. The number of hydrogen-bond acceptors (Lipinski definition) is 3. The van der Waals surface area contributed by atoms with E-state index in [2.05, 4.69) is 39.6 Å². The molecule has 2 N–H and O–H groups in total. The van der Waals surface area contributed by atoms with E-state index >= 15 is 0 Å². The number of ether oxygens (including phenoxy) is 1. The lowest BCUT2D eigenvalue weighted by atomic mass is 9.93. The summed E-state index contributed by atoms with van der Waals surface area (Å²) in [6.07, 6.45) is 3.61. The number of guanidine groups is 1. The number of likely N-dealkylation sites (tertiary alicyclic amines) is 1. The number of nitrogens with one attached hydrogen (secondary N) is 2. The number of halogens is 1. The molecule has 0 aromatic heterocycles. The molecule has 0 aliphatic carbocycles. The Balaban J connectivity index is 0.00000364. The van der Waals surface area contributed by atoms with E-state index in [0.717, 1.165) is 50.6 Å². The van der Waals surface area contributed by atoms with E-state index < -0.39 is 0 Å². The van der Waals surface area contributed by atoms with Gasteiger partial charge in [-0.25, -0.2) is 0 Å². The van der Waals surface area contributed by atoms with E-state index in [1.54, 1.807) is 7.05 Å². The van der Waals surface area contributed by atoms with Gasteiger partial charge in [0.15, 0.2) is 5.96 Å². The normalized spacial score (nSPS) is 15.1. The number of piperidine rings is 1. The van der Waals surface area contributed by atoms with Gasteiger partial charge in [0.05, 0.1) is 6.61 Å². The maximum absolute atomic E-state index is 11.5. The van der Waals surface area contributed by atoms with Gasteiger partial charge in [-0.3, -0.25) is 9.79 Å². The average Bonchev–Trinajstić information content (AvgIpc) is 2.67. The molecule has 1 aliphatic heterocycles. The van der Waals surface area contributed by atoms with Crippen LogP contribution in [0.25, 0.3) is 0 Å². The number of aryl methyl sites for hydroxylation is 1. The van der Waals surface area contributed by atoms with Gasteiger partial charge < -0.3 is 20.3 Å². The number of carbonyl (C=O) groups is 1. The molecule has 0 radical (unpaired) electrons. The first-order valence-electron chi connectivity index (χ1n) is 9.48. The summed E-state index contributed by atoms with van der Waals surface area (Å²) in [5.74, 6) is 2.48. The van der Waals surface area contributed by atoms with Crippen molar-refractivity contribution >= 4 is 35.8 Å². The van der Waals surface area contributed by atoms with Crippen molar-refractivity contribution in [2.75, 3.05) is 40.3 Å². The molecular weight excluding hydrogens is 455 g/mol. The molecule has 1 aromatic carbocycles. The lowest BCUT2D eigenvalue weighted by molar-refractivity contribution is -0.121. The maximum atomic E-state index is 11.5. The largest absolute Gasteiger partial charge is 0.494 e. The highest BCUT2D eigenvalue weighted by Crippen LogP contribution is 2.20. The maximum Gasteiger partial charge on any atom is 0.220 e. The average molecular weight is 488 g/mol. The van der Waals surface area contributed by atoms with E-state index in [0.29, 0.717) is 18.9 Å². The standard InChI is InChI=1S/C20H32N4O2.HI/c1-16-5-7-18(8-6-16)26-14-4-11-23-20(22-3)24-12-9-17(10-13-24)15-19(25)21-2;/h5-8,17H,4,9-15H2,1-3H3,(H,21,25)(H,22,23);1H. The smallest absolute Gasteiger partial charge is 0.220 e. The molecule has 1 aromatic rings. The third kappa shape index (κ3) is 8.36. The van der Waals surface area contributed by atoms with Crippen LogP contribution in [-0.2, 0) is 4.79 Å². The number of hydrogen-bond donors (Lipinski definition) is 2. The van der Waals surface area contributed by atoms with Gasteiger partial charge in [-0.2, -0.15) is 0 Å². The van der Waals surface area contributed by atoms with Crippen molar-refractivity contribution in [2.45, 2.75) is 32.6 Å². The Morgan fingerprint density at radius 3 is 2.52 bits per heavy atom. The minimum absolute atomic E-state index is 0. The molecule has 7 heteroatoms. The number of amides is 1. The number of nitrogens with zero attached hydrogens (tertiary/aromatic N) is 2. The van der Waals surface area contributed by atoms with Crippen LogP contribution < -0.4 is 15.4 Å². The fourth-order valence-corrected chi connectivity index (χ4v) is 3.14. The van der Waals surface area contributed by atoms with Crippen molar-refractivity contribution in [3.63, 3.8) is 0 Å². The van der Waals surface area contributed by atoms with Crippen LogP contribution in [0.2, 0.25) is 0 Å². The number of benzene rings is 1. The van der Waals surface area contributed by atoms with E-state index in [4.69, 9.17) is 4.74 Å². The SMILES string of the molecule is CN=C(NCCCOc1ccc(C)cc1)N1CCC(CC(=O)NC)CC1.I. The second kappa shape index (κ2) is 12.8. The molecule has 1 heterocycles. The molecule has 0 spiro atoms.